The third-order valence-corrected chi connectivity index (χ3v) is 6.52. The van der Waals surface area contributed by atoms with Gasteiger partial charge in [0.05, 0.1) is 0 Å². The molecule has 6 heteroatoms. The Morgan fingerprint density at radius 2 is 1.44 bits per heavy atom. The Bertz CT molecular complexity index is 1300. The van der Waals surface area contributed by atoms with Crippen LogP contribution in [0.4, 0.5) is 4.39 Å². The molecular formula is C33H32FNO4. The molecule has 0 bridgehead atoms. The second kappa shape index (κ2) is 13.9. The van der Waals surface area contributed by atoms with Crippen molar-refractivity contribution in [2.45, 2.75) is 32.1 Å². The van der Waals surface area contributed by atoms with Crippen molar-refractivity contribution in [1.82, 2.24) is 4.90 Å². The van der Waals surface area contributed by atoms with E-state index in [4.69, 9.17) is 4.89 Å². The number of nitrogens with zero attached hydrogens (tertiary/aromatic N) is 1. The highest BCUT2D eigenvalue weighted by Crippen LogP contribution is 2.28. The van der Waals surface area contributed by atoms with Crippen LogP contribution >= 0.6 is 0 Å². The lowest BCUT2D eigenvalue weighted by molar-refractivity contribution is -0.210. The normalized spacial score (nSPS) is 10.7. The molecule has 0 aliphatic rings. The molecule has 0 aliphatic carbocycles. The summed E-state index contributed by atoms with van der Waals surface area (Å²) in [5.74, 6) is -0.454. The van der Waals surface area contributed by atoms with Crippen molar-refractivity contribution in [1.29, 1.82) is 0 Å². The fraction of sp³-hybridized carbons (Fsp3) is 0.212. The molecule has 1 amide bonds. The third kappa shape index (κ3) is 8.27. The van der Waals surface area contributed by atoms with Crippen molar-refractivity contribution < 1.29 is 23.8 Å². The summed E-state index contributed by atoms with van der Waals surface area (Å²) in [5, 5.41) is 0. The second-order valence-corrected chi connectivity index (χ2v) is 9.37. The Morgan fingerprint density at radius 3 is 2.05 bits per heavy atom. The summed E-state index contributed by atoms with van der Waals surface area (Å²) >= 11 is 0. The van der Waals surface area contributed by atoms with E-state index >= 15 is 0 Å². The number of carbonyl (C=O) groups excluding carboxylic acids is 2. The summed E-state index contributed by atoms with van der Waals surface area (Å²) in [6.07, 6.45) is 2.16. The molecule has 4 aromatic carbocycles. The molecule has 0 spiro atoms. The number of rotatable bonds is 12. The highest BCUT2D eigenvalue weighted by atomic mass is 19.1. The summed E-state index contributed by atoms with van der Waals surface area (Å²) in [6.45, 7) is 2.35. The van der Waals surface area contributed by atoms with Gasteiger partial charge in [-0.1, -0.05) is 72.8 Å². The minimum Gasteiger partial charge on any atom is -0.339 e. The number of halogens is 1. The van der Waals surface area contributed by atoms with E-state index in [2.05, 4.69) is 29.2 Å². The smallest absolute Gasteiger partial charge is 0.339 e. The van der Waals surface area contributed by atoms with Crippen molar-refractivity contribution >= 4 is 11.9 Å². The first kappa shape index (κ1) is 27.6. The van der Waals surface area contributed by atoms with E-state index in [0.717, 1.165) is 12.0 Å². The molecule has 4 aromatic rings. The predicted octanol–water partition coefficient (Wildman–Crippen LogP) is 6.98. The highest BCUT2D eigenvalue weighted by Gasteiger charge is 2.20. The number of carbonyl (C=O) groups is 2. The zero-order valence-corrected chi connectivity index (χ0v) is 22.0. The standard InChI is InChI=1S/C33H32FNO4/c1-25(36)38-39-31-16-8-10-26(24-31)11-9-22-35(33(37)29-17-19-30(34)20-18-29)23-21-32(27-12-4-2-5-13-27)28-14-6-3-7-15-28/h2-8,10,12-20,24,32H,9,11,21-23H2,1H3. The fourth-order valence-electron chi connectivity index (χ4n) is 4.61. The molecule has 0 saturated heterocycles. The average Bonchev–Trinajstić information content (AvgIpc) is 2.96. The van der Waals surface area contributed by atoms with Crippen LogP contribution in [0.1, 0.15) is 52.7 Å². The lowest BCUT2D eigenvalue weighted by Crippen LogP contribution is -2.34. The van der Waals surface area contributed by atoms with Gasteiger partial charge < -0.3 is 4.90 Å². The molecule has 200 valence electrons. The van der Waals surface area contributed by atoms with E-state index in [1.807, 2.05) is 59.5 Å². The van der Waals surface area contributed by atoms with E-state index < -0.39 is 5.97 Å². The minimum absolute atomic E-state index is 0.123. The van der Waals surface area contributed by atoms with Crippen LogP contribution in [0.5, 0.6) is 5.75 Å². The van der Waals surface area contributed by atoms with Gasteiger partial charge >= 0.3 is 5.97 Å². The van der Waals surface area contributed by atoms with Gasteiger partial charge in [-0.25, -0.2) is 9.18 Å². The second-order valence-electron chi connectivity index (χ2n) is 9.37. The average molecular weight is 526 g/mol. The Kier molecular flexibility index (Phi) is 9.84. The van der Waals surface area contributed by atoms with Gasteiger partial charge in [0.25, 0.3) is 5.91 Å². The van der Waals surface area contributed by atoms with Gasteiger partial charge in [-0.2, -0.15) is 0 Å². The third-order valence-electron chi connectivity index (χ3n) is 6.52. The Balaban J connectivity index is 1.48. The van der Waals surface area contributed by atoms with Crippen molar-refractivity contribution in [2.24, 2.45) is 0 Å². The van der Waals surface area contributed by atoms with Crippen LogP contribution in [0.15, 0.2) is 109 Å². The van der Waals surface area contributed by atoms with Crippen molar-refractivity contribution in [3.8, 4) is 5.75 Å². The molecule has 0 radical (unpaired) electrons. The van der Waals surface area contributed by atoms with Crippen molar-refractivity contribution in [3.63, 3.8) is 0 Å². The first-order valence-corrected chi connectivity index (χ1v) is 13.1. The van der Waals surface area contributed by atoms with Crippen LogP contribution in [0.3, 0.4) is 0 Å². The summed E-state index contributed by atoms with van der Waals surface area (Å²) in [7, 11) is 0. The van der Waals surface area contributed by atoms with Crippen LogP contribution < -0.4 is 4.89 Å². The van der Waals surface area contributed by atoms with Gasteiger partial charge in [-0.3, -0.25) is 14.6 Å². The number of benzene rings is 4. The summed E-state index contributed by atoms with van der Waals surface area (Å²) in [5.41, 5.74) is 3.86. The monoisotopic (exact) mass is 525 g/mol. The molecule has 5 nitrogen and oxygen atoms in total. The number of amides is 1. The Morgan fingerprint density at radius 1 is 0.795 bits per heavy atom. The lowest BCUT2D eigenvalue weighted by atomic mass is 9.88. The molecule has 4 rings (SSSR count). The molecule has 0 saturated carbocycles. The van der Waals surface area contributed by atoms with Crippen LogP contribution in [-0.2, 0) is 16.1 Å². The van der Waals surface area contributed by atoms with Gasteiger partial charge in [-0.15, -0.1) is 0 Å². The molecule has 0 fully saturated rings. The SMILES string of the molecule is CC(=O)OOc1cccc(CCCN(CCC(c2ccccc2)c2ccccc2)C(=O)c2ccc(F)cc2)c1. The summed E-state index contributed by atoms with van der Waals surface area (Å²) < 4.78 is 13.5. The Hall–Kier alpha value is -4.45. The van der Waals surface area contributed by atoms with E-state index in [0.29, 0.717) is 37.2 Å². The fourth-order valence-corrected chi connectivity index (χ4v) is 4.61. The van der Waals surface area contributed by atoms with Crippen LogP contribution in [0, 0.1) is 5.82 Å². The van der Waals surface area contributed by atoms with E-state index in [-0.39, 0.29) is 17.6 Å². The number of aryl methyl sites for hydroxylation is 1. The largest absolute Gasteiger partial charge is 0.352 e. The van der Waals surface area contributed by atoms with Gasteiger partial charge in [-0.05, 0) is 72.4 Å². The number of hydrogen-bond acceptors (Lipinski definition) is 4. The van der Waals surface area contributed by atoms with Gasteiger partial charge in [0.1, 0.15) is 5.82 Å². The highest BCUT2D eigenvalue weighted by molar-refractivity contribution is 5.94. The molecule has 0 unspecified atom stereocenters. The van der Waals surface area contributed by atoms with Gasteiger partial charge in [0, 0.05) is 31.5 Å². The molecule has 0 atom stereocenters. The van der Waals surface area contributed by atoms with Crippen LogP contribution in [0.25, 0.3) is 0 Å². The van der Waals surface area contributed by atoms with E-state index in [1.165, 1.54) is 42.3 Å². The molecule has 0 heterocycles. The van der Waals surface area contributed by atoms with E-state index in [1.54, 1.807) is 6.07 Å². The van der Waals surface area contributed by atoms with E-state index in [9.17, 15) is 14.0 Å². The Labute approximate surface area is 228 Å². The lowest BCUT2D eigenvalue weighted by Gasteiger charge is -2.26. The molecule has 0 N–H and O–H groups in total. The quantitative estimate of drug-likeness (QED) is 0.148. The zero-order chi connectivity index (χ0) is 27.5. The first-order valence-electron chi connectivity index (χ1n) is 13.1. The van der Waals surface area contributed by atoms with Crippen molar-refractivity contribution in [3.05, 3.63) is 137 Å². The summed E-state index contributed by atoms with van der Waals surface area (Å²) in [4.78, 5) is 36.1. The maximum atomic E-state index is 13.5. The van der Waals surface area contributed by atoms with Gasteiger partial charge in [0.2, 0.25) is 0 Å². The summed E-state index contributed by atoms with van der Waals surface area (Å²) in [6, 6.07) is 33.6. The predicted molar refractivity (Wildman–Crippen MR) is 149 cm³/mol. The number of hydrogen-bond donors (Lipinski definition) is 0. The molecule has 39 heavy (non-hydrogen) atoms. The molecule has 0 aliphatic heterocycles. The molecule has 0 aromatic heterocycles. The van der Waals surface area contributed by atoms with Crippen LogP contribution in [0.2, 0.25) is 0 Å². The molecular weight excluding hydrogens is 493 g/mol. The minimum atomic E-state index is -0.528. The van der Waals surface area contributed by atoms with Gasteiger partial charge in [0.15, 0.2) is 5.75 Å². The van der Waals surface area contributed by atoms with Crippen LogP contribution in [-0.4, -0.2) is 29.9 Å². The maximum absolute atomic E-state index is 13.5. The topological polar surface area (TPSA) is 55.8 Å². The van der Waals surface area contributed by atoms with Crippen molar-refractivity contribution in [2.75, 3.05) is 13.1 Å². The maximum Gasteiger partial charge on any atom is 0.352 e. The first-order chi connectivity index (χ1) is 19.0. The zero-order valence-electron chi connectivity index (χ0n) is 22.0.